The highest BCUT2D eigenvalue weighted by Crippen LogP contribution is 2.32. The van der Waals surface area contributed by atoms with Gasteiger partial charge in [0.2, 0.25) is 5.78 Å². The Morgan fingerprint density at radius 1 is 0.951 bits per heavy atom. The number of nitrogens with one attached hydrogen (secondary N) is 1. The lowest BCUT2D eigenvalue weighted by Gasteiger charge is -2.38. The first-order valence-corrected chi connectivity index (χ1v) is 13.3. The Morgan fingerprint density at radius 2 is 1.76 bits per heavy atom. The topological polar surface area (TPSA) is 114 Å². The molecule has 2 aromatic carbocycles. The van der Waals surface area contributed by atoms with Crippen LogP contribution >= 0.6 is 0 Å². The zero-order valence-corrected chi connectivity index (χ0v) is 22.3. The average Bonchev–Trinajstić information content (AvgIpc) is 3.66. The number of aromatic nitrogens is 7. The van der Waals surface area contributed by atoms with Gasteiger partial charge in [-0.15, -0.1) is 0 Å². The summed E-state index contributed by atoms with van der Waals surface area (Å²) in [7, 11) is 1.36. The van der Waals surface area contributed by atoms with Crippen molar-refractivity contribution < 1.29 is 9.53 Å². The Kier molecular flexibility index (Phi) is 6.29. The number of aromatic amines is 1. The first-order valence-electron chi connectivity index (χ1n) is 13.3. The van der Waals surface area contributed by atoms with Crippen LogP contribution in [-0.2, 0) is 11.3 Å². The van der Waals surface area contributed by atoms with E-state index in [9.17, 15) is 4.79 Å². The summed E-state index contributed by atoms with van der Waals surface area (Å²) in [6.45, 7) is 2.67. The zero-order chi connectivity index (χ0) is 27.8. The highest BCUT2D eigenvalue weighted by Gasteiger charge is 2.31. The maximum atomic E-state index is 12.3. The Hall–Kier alpha value is -5.22. The first kappa shape index (κ1) is 24.8. The Morgan fingerprint density at radius 3 is 2.51 bits per heavy atom. The number of imidazole rings is 1. The first-order chi connectivity index (χ1) is 20.2. The maximum absolute atomic E-state index is 12.3. The van der Waals surface area contributed by atoms with Crippen molar-refractivity contribution in [2.75, 3.05) is 20.2 Å². The normalized spacial score (nSPS) is 13.8. The molecule has 41 heavy (non-hydrogen) atoms. The highest BCUT2D eigenvalue weighted by atomic mass is 16.5. The van der Waals surface area contributed by atoms with E-state index in [0.717, 1.165) is 53.5 Å². The van der Waals surface area contributed by atoms with Crippen molar-refractivity contribution in [1.82, 2.24) is 39.4 Å². The van der Waals surface area contributed by atoms with Gasteiger partial charge in [0.25, 0.3) is 0 Å². The molecular weight excluding hydrogens is 516 g/mol. The minimum atomic E-state index is -0.458. The fourth-order valence-electron chi connectivity index (χ4n) is 5.18. The van der Waals surface area contributed by atoms with Gasteiger partial charge in [0.05, 0.1) is 19.0 Å². The van der Waals surface area contributed by atoms with E-state index in [2.05, 4.69) is 54.3 Å². The number of H-pyrrole nitrogens is 1. The van der Waals surface area contributed by atoms with Crippen LogP contribution in [0.5, 0.6) is 0 Å². The zero-order valence-electron chi connectivity index (χ0n) is 22.3. The molecule has 1 aliphatic rings. The molecule has 1 N–H and O–H groups in total. The summed E-state index contributed by atoms with van der Waals surface area (Å²) in [5, 5.41) is 7.44. The van der Waals surface area contributed by atoms with Crippen molar-refractivity contribution in [2.24, 2.45) is 0 Å². The van der Waals surface area contributed by atoms with Crippen molar-refractivity contribution >= 4 is 11.7 Å². The van der Waals surface area contributed by atoms with Crippen molar-refractivity contribution in [2.45, 2.75) is 12.5 Å². The second-order valence-electron chi connectivity index (χ2n) is 10.0. The molecule has 5 heterocycles. The van der Waals surface area contributed by atoms with Crippen molar-refractivity contribution in [3.8, 4) is 33.9 Å². The summed E-state index contributed by atoms with van der Waals surface area (Å²) in [5.41, 5.74) is 5.99. The molecule has 6 aromatic rings. The number of methoxy groups -OCH3 is 1. The number of rotatable bonds is 7. The van der Waals surface area contributed by atoms with Gasteiger partial charge < -0.3 is 4.74 Å². The summed E-state index contributed by atoms with van der Waals surface area (Å²) >= 11 is 0. The molecule has 0 aliphatic carbocycles. The van der Waals surface area contributed by atoms with E-state index in [1.54, 1.807) is 10.6 Å². The smallest absolute Gasteiger partial charge is 0.356 e. The lowest BCUT2D eigenvalue weighted by atomic mass is 9.97. The fourth-order valence-corrected chi connectivity index (χ4v) is 5.18. The molecule has 0 spiro atoms. The lowest BCUT2D eigenvalue weighted by molar-refractivity contribution is 0.0593. The largest absolute Gasteiger partial charge is 0.464 e. The summed E-state index contributed by atoms with van der Waals surface area (Å²) in [5.74, 6) is 1.85. The third-order valence-corrected chi connectivity index (χ3v) is 7.36. The molecule has 1 saturated heterocycles. The van der Waals surface area contributed by atoms with E-state index in [1.807, 2.05) is 54.7 Å². The van der Waals surface area contributed by atoms with Crippen LogP contribution in [0.25, 0.3) is 39.7 Å². The molecular formula is C31H26N8O2. The van der Waals surface area contributed by atoms with E-state index in [0.29, 0.717) is 23.2 Å². The quantitative estimate of drug-likeness (QED) is 0.291. The van der Waals surface area contributed by atoms with Crippen LogP contribution in [0.4, 0.5) is 0 Å². The van der Waals surface area contributed by atoms with Crippen LogP contribution in [0.3, 0.4) is 0 Å². The molecule has 10 nitrogen and oxygen atoms in total. The number of fused-ring (bicyclic) bond motifs is 1. The molecule has 0 saturated carbocycles. The number of benzene rings is 2. The molecule has 4 aromatic heterocycles. The number of carbonyl (C=O) groups excluding carboxylic acids is 1. The molecule has 0 bridgehead atoms. The number of hydrogen-bond donors (Lipinski definition) is 1. The molecule has 202 valence electrons. The summed E-state index contributed by atoms with van der Waals surface area (Å²) in [6, 6.07) is 24.2. The predicted octanol–water partition coefficient (Wildman–Crippen LogP) is 4.63. The standard InChI is InChI=1S/C31H26N8O2/c1-41-30(40)26-15-33-31-34-27(24(19-39(26)31)21-7-3-2-4-8-21)22-12-10-20(11-13-22)16-38-17-23(18-38)28-35-29(37-36-28)25-9-5-6-14-32-25/h2-15,19,23H,16-18H2,1H3,(H,35,36,37). The maximum Gasteiger partial charge on any atom is 0.356 e. The van der Waals surface area contributed by atoms with E-state index in [4.69, 9.17) is 9.72 Å². The van der Waals surface area contributed by atoms with Gasteiger partial charge in [0, 0.05) is 49.1 Å². The van der Waals surface area contributed by atoms with Crippen LogP contribution < -0.4 is 0 Å². The number of likely N-dealkylation sites (tertiary alicyclic amines) is 1. The van der Waals surface area contributed by atoms with Crippen LogP contribution in [-0.4, -0.2) is 65.6 Å². The molecule has 7 rings (SSSR count). The fraction of sp³-hybridized carbons (Fsp3) is 0.161. The van der Waals surface area contributed by atoms with Crippen LogP contribution in [0.15, 0.2) is 91.4 Å². The Balaban J connectivity index is 1.09. The molecule has 0 unspecified atom stereocenters. The number of nitrogens with zero attached hydrogens (tertiary/aromatic N) is 7. The molecule has 0 radical (unpaired) electrons. The van der Waals surface area contributed by atoms with Crippen LogP contribution in [0.1, 0.15) is 27.8 Å². The molecule has 0 atom stereocenters. The lowest BCUT2D eigenvalue weighted by Crippen LogP contribution is -2.44. The number of carbonyl (C=O) groups is 1. The van der Waals surface area contributed by atoms with E-state index >= 15 is 0 Å². The van der Waals surface area contributed by atoms with Crippen molar-refractivity contribution in [3.63, 3.8) is 0 Å². The van der Waals surface area contributed by atoms with Crippen LogP contribution in [0, 0.1) is 0 Å². The molecule has 1 fully saturated rings. The van der Waals surface area contributed by atoms with Gasteiger partial charge in [-0.1, -0.05) is 60.7 Å². The average molecular weight is 543 g/mol. The van der Waals surface area contributed by atoms with Gasteiger partial charge in [-0.05, 0) is 23.3 Å². The highest BCUT2D eigenvalue weighted by molar-refractivity contribution is 5.89. The Bertz CT molecular complexity index is 1830. The van der Waals surface area contributed by atoms with Gasteiger partial charge in [-0.25, -0.2) is 19.7 Å². The molecule has 10 heteroatoms. The number of ether oxygens (including phenoxy) is 1. The summed E-state index contributed by atoms with van der Waals surface area (Å²) in [6.07, 6.45) is 5.15. The SMILES string of the molecule is COC(=O)c1cnc2nc(-c3ccc(CN4CC(c5nc(-c6ccccn6)n[nH]5)C4)cc3)c(-c3ccccc3)cn12. The van der Waals surface area contributed by atoms with Crippen molar-refractivity contribution in [1.29, 1.82) is 0 Å². The van der Waals surface area contributed by atoms with E-state index in [-0.39, 0.29) is 0 Å². The summed E-state index contributed by atoms with van der Waals surface area (Å²) in [4.78, 5) is 32.9. The van der Waals surface area contributed by atoms with Gasteiger partial charge in [-0.3, -0.25) is 19.4 Å². The number of hydrogen-bond acceptors (Lipinski definition) is 8. The summed E-state index contributed by atoms with van der Waals surface area (Å²) < 4.78 is 6.61. The molecule has 0 amide bonds. The minimum Gasteiger partial charge on any atom is -0.464 e. The van der Waals surface area contributed by atoms with Gasteiger partial charge in [-0.2, -0.15) is 5.10 Å². The van der Waals surface area contributed by atoms with Crippen molar-refractivity contribution in [3.05, 3.63) is 108 Å². The van der Waals surface area contributed by atoms with Gasteiger partial charge >= 0.3 is 5.97 Å². The number of esters is 1. The van der Waals surface area contributed by atoms with E-state index in [1.165, 1.54) is 18.9 Å². The second kappa shape index (κ2) is 10.4. The number of pyridine rings is 1. The third-order valence-electron chi connectivity index (χ3n) is 7.36. The molecule has 1 aliphatic heterocycles. The second-order valence-corrected chi connectivity index (χ2v) is 10.0. The van der Waals surface area contributed by atoms with Gasteiger partial charge in [0.1, 0.15) is 11.5 Å². The van der Waals surface area contributed by atoms with Crippen LogP contribution in [0.2, 0.25) is 0 Å². The third kappa shape index (κ3) is 4.74. The van der Waals surface area contributed by atoms with Gasteiger partial charge in [0.15, 0.2) is 11.5 Å². The monoisotopic (exact) mass is 542 g/mol. The predicted molar refractivity (Wildman–Crippen MR) is 153 cm³/mol. The Labute approximate surface area is 235 Å². The minimum absolute atomic E-state index is 0.327. The van der Waals surface area contributed by atoms with E-state index < -0.39 is 5.97 Å².